The molecule has 0 spiro atoms. The van der Waals surface area contributed by atoms with Crippen molar-refractivity contribution in [2.24, 2.45) is 5.73 Å². The molecule has 1 atom stereocenters. The van der Waals surface area contributed by atoms with E-state index >= 15 is 0 Å². The summed E-state index contributed by atoms with van der Waals surface area (Å²) in [6, 6.07) is 1.70. The number of sulfonamides is 1. The lowest BCUT2D eigenvalue weighted by Gasteiger charge is -2.31. The molecule has 1 aliphatic rings. The summed E-state index contributed by atoms with van der Waals surface area (Å²) >= 11 is 4.60. The number of hydrogen-bond donors (Lipinski definition) is 1. The molecule has 0 amide bonds. The third kappa shape index (κ3) is 2.58. The standard InChI is InChI=1S/C10H15BrN2O2S2/c1-7-6-9(16-10(7)11)17(14,15)13-5-3-2-4-8(13)12/h6,8H,2-5,12H2,1H3. The van der Waals surface area contributed by atoms with Gasteiger partial charge in [-0.2, -0.15) is 4.31 Å². The minimum atomic E-state index is -3.42. The van der Waals surface area contributed by atoms with Crippen molar-refractivity contribution >= 4 is 37.3 Å². The maximum absolute atomic E-state index is 12.4. The van der Waals surface area contributed by atoms with Crippen LogP contribution in [0.25, 0.3) is 0 Å². The summed E-state index contributed by atoms with van der Waals surface area (Å²) in [7, 11) is -3.42. The molecule has 7 heteroatoms. The van der Waals surface area contributed by atoms with Gasteiger partial charge in [0.25, 0.3) is 10.0 Å². The molecular formula is C10H15BrN2O2S2. The zero-order valence-electron chi connectivity index (χ0n) is 9.52. The second kappa shape index (κ2) is 4.97. The van der Waals surface area contributed by atoms with Crippen molar-refractivity contribution in [2.75, 3.05) is 6.54 Å². The highest BCUT2D eigenvalue weighted by Crippen LogP contribution is 2.33. The SMILES string of the molecule is Cc1cc(S(=O)(=O)N2CCCCC2N)sc1Br. The van der Waals surface area contributed by atoms with E-state index in [1.165, 1.54) is 15.6 Å². The lowest BCUT2D eigenvalue weighted by atomic mass is 10.1. The molecule has 1 unspecified atom stereocenters. The van der Waals surface area contributed by atoms with E-state index in [9.17, 15) is 8.42 Å². The van der Waals surface area contributed by atoms with Crippen LogP contribution in [0.1, 0.15) is 24.8 Å². The Morgan fingerprint density at radius 1 is 1.53 bits per heavy atom. The third-order valence-corrected chi connectivity index (χ3v) is 7.41. The Balaban J connectivity index is 2.35. The fraction of sp³-hybridized carbons (Fsp3) is 0.600. The van der Waals surface area contributed by atoms with Gasteiger partial charge in [-0.1, -0.05) is 0 Å². The molecule has 0 bridgehead atoms. The highest BCUT2D eigenvalue weighted by Gasteiger charge is 2.32. The molecule has 1 aromatic rings. The Morgan fingerprint density at radius 3 is 2.76 bits per heavy atom. The summed E-state index contributed by atoms with van der Waals surface area (Å²) in [4.78, 5) is 0. The molecule has 0 radical (unpaired) electrons. The number of piperidine rings is 1. The van der Waals surface area contributed by atoms with Crippen molar-refractivity contribution in [3.8, 4) is 0 Å². The highest BCUT2D eigenvalue weighted by molar-refractivity contribution is 9.11. The average molecular weight is 339 g/mol. The lowest BCUT2D eigenvalue weighted by molar-refractivity contribution is 0.258. The lowest BCUT2D eigenvalue weighted by Crippen LogP contribution is -2.48. The molecule has 1 fully saturated rings. The van der Waals surface area contributed by atoms with Crippen LogP contribution in [0.3, 0.4) is 0 Å². The molecule has 0 saturated carbocycles. The van der Waals surface area contributed by atoms with E-state index in [1.54, 1.807) is 6.07 Å². The highest BCUT2D eigenvalue weighted by atomic mass is 79.9. The van der Waals surface area contributed by atoms with E-state index in [1.807, 2.05) is 6.92 Å². The van der Waals surface area contributed by atoms with Crippen molar-refractivity contribution in [3.63, 3.8) is 0 Å². The van der Waals surface area contributed by atoms with Gasteiger partial charge in [0.2, 0.25) is 0 Å². The van der Waals surface area contributed by atoms with Crippen LogP contribution in [0.4, 0.5) is 0 Å². The minimum absolute atomic E-state index is 0.374. The van der Waals surface area contributed by atoms with Crippen molar-refractivity contribution in [1.29, 1.82) is 0 Å². The maximum Gasteiger partial charge on any atom is 0.253 e. The number of halogens is 1. The van der Waals surface area contributed by atoms with Crippen molar-refractivity contribution in [3.05, 3.63) is 15.4 Å². The number of aryl methyl sites for hydroxylation is 1. The fourth-order valence-corrected chi connectivity index (χ4v) is 5.84. The van der Waals surface area contributed by atoms with Gasteiger partial charge in [0, 0.05) is 6.54 Å². The largest absolute Gasteiger partial charge is 0.315 e. The molecule has 17 heavy (non-hydrogen) atoms. The molecule has 1 aliphatic heterocycles. The predicted octanol–water partition coefficient (Wildman–Crippen LogP) is 2.28. The fourth-order valence-electron chi connectivity index (χ4n) is 1.90. The van der Waals surface area contributed by atoms with Gasteiger partial charge in [-0.25, -0.2) is 8.42 Å². The third-order valence-electron chi connectivity index (χ3n) is 2.90. The normalized spacial score (nSPS) is 22.9. The molecule has 4 nitrogen and oxygen atoms in total. The van der Waals surface area contributed by atoms with Crippen LogP contribution in [-0.2, 0) is 10.0 Å². The molecule has 2 N–H and O–H groups in total. The van der Waals surface area contributed by atoms with E-state index in [0.717, 1.165) is 28.6 Å². The molecule has 1 saturated heterocycles. The van der Waals surface area contributed by atoms with Gasteiger partial charge < -0.3 is 5.73 Å². The molecular weight excluding hydrogens is 324 g/mol. The van der Waals surface area contributed by atoms with Gasteiger partial charge in [-0.3, -0.25) is 0 Å². The van der Waals surface area contributed by atoms with Crippen LogP contribution in [0.15, 0.2) is 14.1 Å². The molecule has 1 aromatic heterocycles. The Bertz CT molecular complexity index is 493. The van der Waals surface area contributed by atoms with Gasteiger partial charge in [-0.05, 0) is 53.7 Å². The quantitative estimate of drug-likeness (QED) is 0.899. The Kier molecular flexibility index (Phi) is 3.94. The summed E-state index contributed by atoms with van der Waals surface area (Å²) in [6.07, 6.45) is 2.25. The molecule has 2 heterocycles. The van der Waals surface area contributed by atoms with E-state index in [2.05, 4.69) is 15.9 Å². The first-order valence-electron chi connectivity index (χ1n) is 5.46. The van der Waals surface area contributed by atoms with Crippen LogP contribution in [0, 0.1) is 6.92 Å². The predicted molar refractivity (Wildman–Crippen MR) is 72.5 cm³/mol. The monoisotopic (exact) mass is 338 g/mol. The number of nitrogens with two attached hydrogens (primary N) is 1. The molecule has 96 valence electrons. The van der Waals surface area contributed by atoms with Gasteiger partial charge >= 0.3 is 0 Å². The smallest absolute Gasteiger partial charge is 0.253 e. The van der Waals surface area contributed by atoms with Crippen molar-refractivity contribution in [2.45, 2.75) is 36.6 Å². The van der Waals surface area contributed by atoms with Crippen molar-refractivity contribution < 1.29 is 8.42 Å². The number of thiophene rings is 1. The zero-order chi connectivity index (χ0) is 12.6. The summed E-state index contributed by atoms with van der Waals surface area (Å²) in [6.45, 7) is 2.41. The van der Waals surface area contributed by atoms with Gasteiger partial charge in [0.05, 0.1) is 9.95 Å². The van der Waals surface area contributed by atoms with E-state index in [4.69, 9.17) is 5.73 Å². The minimum Gasteiger partial charge on any atom is -0.315 e. The molecule has 2 rings (SSSR count). The average Bonchev–Trinajstić information content (AvgIpc) is 2.60. The maximum atomic E-state index is 12.4. The van der Waals surface area contributed by atoms with Gasteiger partial charge in [-0.15, -0.1) is 11.3 Å². The Morgan fingerprint density at radius 2 is 2.24 bits per heavy atom. The van der Waals surface area contributed by atoms with Gasteiger partial charge in [0.1, 0.15) is 4.21 Å². The van der Waals surface area contributed by atoms with E-state index in [0.29, 0.717) is 10.8 Å². The van der Waals surface area contributed by atoms with Crippen molar-refractivity contribution in [1.82, 2.24) is 4.31 Å². The summed E-state index contributed by atoms with van der Waals surface area (Å²) in [5, 5.41) is 0. The number of rotatable bonds is 2. The summed E-state index contributed by atoms with van der Waals surface area (Å²) in [5.74, 6) is 0. The first-order chi connectivity index (χ1) is 7.93. The van der Waals surface area contributed by atoms with Crippen LogP contribution >= 0.6 is 27.3 Å². The van der Waals surface area contributed by atoms with Crippen LogP contribution in [0.5, 0.6) is 0 Å². The van der Waals surface area contributed by atoms with Gasteiger partial charge in [0.15, 0.2) is 0 Å². The number of hydrogen-bond acceptors (Lipinski definition) is 4. The summed E-state index contributed by atoms with van der Waals surface area (Å²) in [5.41, 5.74) is 6.83. The van der Waals surface area contributed by atoms with Crippen LogP contribution in [0.2, 0.25) is 0 Å². The van der Waals surface area contributed by atoms with E-state index < -0.39 is 10.0 Å². The molecule has 0 aromatic carbocycles. The zero-order valence-corrected chi connectivity index (χ0v) is 12.7. The molecule has 0 aliphatic carbocycles. The second-order valence-corrected chi connectivity index (χ2v) is 8.69. The summed E-state index contributed by atoms with van der Waals surface area (Å²) < 4.78 is 27.5. The van der Waals surface area contributed by atoms with Crippen LogP contribution < -0.4 is 5.73 Å². The number of nitrogens with zero attached hydrogens (tertiary/aromatic N) is 1. The van der Waals surface area contributed by atoms with E-state index in [-0.39, 0.29) is 6.17 Å². The Hall–Kier alpha value is 0.0500. The first-order valence-corrected chi connectivity index (χ1v) is 8.51. The Labute approximate surface area is 114 Å². The topological polar surface area (TPSA) is 63.4 Å². The van der Waals surface area contributed by atoms with Crippen LogP contribution in [-0.4, -0.2) is 25.4 Å². The second-order valence-electron chi connectivity index (χ2n) is 4.20. The first kappa shape index (κ1) is 13.5.